The van der Waals surface area contributed by atoms with Crippen molar-refractivity contribution in [2.45, 2.75) is 0 Å². The normalized spacial score (nSPS) is 10.2. The molecule has 0 aliphatic heterocycles. The van der Waals surface area contributed by atoms with Crippen LogP contribution in [0.15, 0.2) is 39.9 Å². The highest BCUT2D eigenvalue weighted by Gasteiger charge is 1.99. The molecule has 0 amide bonds. The van der Waals surface area contributed by atoms with Crippen LogP contribution in [0.4, 0.5) is 0 Å². The predicted molar refractivity (Wildman–Crippen MR) is 65.8 cm³/mol. The summed E-state index contributed by atoms with van der Waals surface area (Å²) in [5.41, 5.74) is 0.460. The Hall–Kier alpha value is -1.37. The molecule has 0 aliphatic rings. The van der Waals surface area contributed by atoms with E-state index < -0.39 is 11.2 Å². The van der Waals surface area contributed by atoms with Crippen molar-refractivity contribution in [3.63, 3.8) is 0 Å². The highest BCUT2D eigenvalue weighted by Crippen LogP contribution is 2.15. The fourth-order valence-electron chi connectivity index (χ4n) is 1.25. The number of hydrogen-bond donors (Lipinski definition) is 2. The Balaban J connectivity index is 2.59. The number of benzene rings is 1. The van der Waals surface area contributed by atoms with Gasteiger partial charge in [0.25, 0.3) is 5.56 Å². The van der Waals surface area contributed by atoms with Gasteiger partial charge in [0.2, 0.25) is 0 Å². The molecule has 5 heteroatoms. The Morgan fingerprint density at radius 3 is 2.27 bits per heavy atom. The molecule has 1 aromatic carbocycles. The van der Waals surface area contributed by atoms with Crippen molar-refractivity contribution in [2.24, 2.45) is 0 Å². The fraction of sp³-hybridized carbons (Fsp3) is 0. The molecular formula is C10H7IN2O2. The molecule has 0 atom stereocenters. The maximum absolute atomic E-state index is 11.1. The number of aromatic nitrogens is 2. The topological polar surface area (TPSA) is 65.7 Å². The lowest BCUT2D eigenvalue weighted by Gasteiger charge is -1.99. The van der Waals surface area contributed by atoms with Crippen molar-refractivity contribution in [1.29, 1.82) is 0 Å². The van der Waals surface area contributed by atoms with Crippen LogP contribution in [0.3, 0.4) is 0 Å². The average molecular weight is 314 g/mol. The Kier molecular flexibility index (Phi) is 2.72. The SMILES string of the molecule is O=c1cc(-c2ccc(I)cc2)[nH]c(=O)[nH]1. The van der Waals surface area contributed by atoms with Gasteiger partial charge in [0.1, 0.15) is 0 Å². The molecule has 0 unspecified atom stereocenters. The average Bonchev–Trinajstić information content (AvgIpc) is 2.17. The van der Waals surface area contributed by atoms with Crippen molar-refractivity contribution in [3.8, 4) is 11.3 Å². The third kappa shape index (κ3) is 2.35. The van der Waals surface area contributed by atoms with Crippen LogP contribution >= 0.6 is 22.6 Å². The number of hydrogen-bond acceptors (Lipinski definition) is 2. The summed E-state index contributed by atoms with van der Waals surface area (Å²) in [4.78, 5) is 26.8. The highest BCUT2D eigenvalue weighted by atomic mass is 127. The Morgan fingerprint density at radius 1 is 1.00 bits per heavy atom. The van der Waals surface area contributed by atoms with Gasteiger partial charge in [-0.1, -0.05) is 12.1 Å². The Bertz CT molecular complexity index is 555. The lowest BCUT2D eigenvalue weighted by Crippen LogP contribution is -2.21. The van der Waals surface area contributed by atoms with E-state index in [0.717, 1.165) is 9.13 Å². The van der Waals surface area contributed by atoms with E-state index in [1.807, 2.05) is 24.3 Å². The minimum absolute atomic E-state index is 0.396. The molecule has 0 radical (unpaired) electrons. The summed E-state index contributed by atoms with van der Waals surface area (Å²) in [5, 5.41) is 0. The largest absolute Gasteiger partial charge is 0.326 e. The van der Waals surface area contributed by atoms with Crippen molar-refractivity contribution >= 4 is 22.6 Å². The number of halogens is 1. The molecule has 2 N–H and O–H groups in total. The molecule has 1 heterocycles. The third-order valence-corrected chi connectivity index (χ3v) is 2.63. The summed E-state index contributed by atoms with van der Waals surface area (Å²) < 4.78 is 1.10. The zero-order chi connectivity index (χ0) is 10.8. The van der Waals surface area contributed by atoms with Gasteiger partial charge in [-0.15, -0.1) is 0 Å². The van der Waals surface area contributed by atoms with E-state index in [0.29, 0.717) is 5.69 Å². The lowest BCUT2D eigenvalue weighted by molar-refractivity contribution is 1.04. The molecule has 15 heavy (non-hydrogen) atoms. The van der Waals surface area contributed by atoms with Gasteiger partial charge in [-0.25, -0.2) is 4.79 Å². The van der Waals surface area contributed by atoms with E-state index in [-0.39, 0.29) is 0 Å². The molecule has 0 spiro atoms. The molecular weight excluding hydrogens is 307 g/mol. The van der Waals surface area contributed by atoms with Crippen molar-refractivity contribution in [1.82, 2.24) is 9.97 Å². The molecule has 2 aromatic rings. The summed E-state index contributed by atoms with van der Waals surface area (Å²) in [5.74, 6) is 0. The van der Waals surface area contributed by atoms with Gasteiger partial charge in [-0.05, 0) is 40.3 Å². The van der Waals surface area contributed by atoms with Crippen molar-refractivity contribution < 1.29 is 0 Å². The third-order valence-electron chi connectivity index (χ3n) is 1.92. The van der Waals surface area contributed by atoms with Gasteiger partial charge in [0.15, 0.2) is 0 Å². The van der Waals surface area contributed by atoms with Gasteiger partial charge in [-0.2, -0.15) is 0 Å². The molecule has 0 saturated heterocycles. The maximum atomic E-state index is 11.1. The second kappa shape index (κ2) is 4.01. The summed E-state index contributed by atoms with van der Waals surface area (Å²) in [6.45, 7) is 0. The molecule has 76 valence electrons. The second-order valence-corrected chi connectivity index (χ2v) is 4.25. The van der Waals surface area contributed by atoms with Crippen LogP contribution in [0, 0.1) is 3.57 Å². The highest BCUT2D eigenvalue weighted by molar-refractivity contribution is 14.1. The van der Waals surface area contributed by atoms with Gasteiger partial charge in [0.05, 0.1) is 5.69 Å². The number of aromatic amines is 2. The zero-order valence-corrected chi connectivity index (χ0v) is 9.74. The smallest absolute Gasteiger partial charge is 0.307 e. The van der Waals surface area contributed by atoms with Crippen LogP contribution in [0.25, 0.3) is 11.3 Å². The molecule has 0 bridgehead atoms. The first-order chi connectivity index (χ1) is 7.15. The van der Waals surface area contributed by atoms with E-state index in [2.05, 4.69) is 32.6 Å². The number of H-pyrrole nitrogens is 2. The van der Waals surface area contributed by atoms with Crippen molar-refractivity contribution in [3.05, 3.63) is 54.7 Å². The van der Waals surface area contributed by atoms with Crippen LogP contribution in [-0.4, -0.2) is 9.97 Å². The molecule has 4 nitrogen and oxygen atoms in total. The summed E-state index contributed by atoms with van der Waals surface area (Å²) >= 11 is 2.19. The first-order valence-electron chi connectivity index (χ1n) is 4.25. The van der Waals surface area contributed by atoms with Crippen LogP contribution in [0.5, 0.6) is 0 Å². The van der Waals surface area contributed by atoms with E-state index in [9.17, 15) is 9.59 Å². The minimum atomic E-state index is -0.490. The zero-order valence-electron chi connectivity index (χ0n) is 7.58. The van der Waals surface area contributed by atoms with E-state index in [1.54, 1.807) is 0 Å². The predicted octanol–water partition coefficient (Wildman–Crippen LogP) is 1.33. The standard InChI is InChI=1S/C10H7IN2O2/c11-7-3-1-6(2-4-7)8-5-9(14)13-10(15)12-8/h1-5H,(H2,12,13,14,15). The molecule has 0 fully saturated rings. The van der Waals surface area contributed by atoms with Gasteiger partial charge >= 0.3 is 5.69 Å². The summed E-state index contributed by atoms with van der Waals surface area (Å²) in [6, 6.07) is 8.90. The number of nitrogens with one attached hydrogen (secondary N) is 2. The second-order valence-electron chi connectivity index (χ2n) is 3.01. The van der Waals surface area contributed by atoms with E-state index >= 15 is 0 Å². The summed E-state index contributed by atoms with van der Waals surface area (Å²) in [6.07, 6.45) is 0. The van der Waals surface area contributed by atoms with Crippen LogP contribution in [0.1, 0.15) is 0 Å². The van der Waals surface area contributed by atoms with E-state index in [1.165, 1.54) is 6.07 Å². The first-order valence-corrected chi connectivity index (χ1v) is 5.32. The monoisotopic (exact) mass is 314 g/mol. The lowest BCUT2D eigenvalue weighted by atomic mass is 10.1. The fourth-order valence-corrected chi connectivity index (χ4v) is 1.61. The molecule has 0 saturated carbocycles. The van der Waals surface area contributed by atoms with Gasteiger partial charge in [0, 0.05) is 9.64 Å². The van der Waals surface area contributed by atoms with Crippen LogP contribution in [0.2, 0.25) is 0 Å². The summed E-state index contributed by atoms with van der Waals surface area (Å²) in [7, 11) is 0. The quantitative estimate of drug-likeness (QED) is 0.780. The maximum Gasteiger partial charge on any atom is 0.326 e. The van der Waals surface area contributed by atoms with Gasteiger partial charge in [-0.3, -0.25) is 9.78 Å². The molecule has 1 aromatic heterocycles. The van der Waals surface area contributed by atoms with Crippen molar-refractivity contribution in [2.75, 3.05) is 0 Å². The molecule has 0 aliphatic carbocycles. The van der Waals surface area contributed by atoms with E-state index in [4.69, 9.17) is 0 Å². The van der Waals surface area contributed by atoms with Crippen LogP contribution < -0.4 is 11.2 Å². The van der Waals surface area contributed by atoms with Crippen LogP contribution in [-0.2, 0) is 0 Å². The molecule has 2 rings (SSSR count). The first kappa shape index (κ1) is 10.2. The Morgan fingerprint density at radius 2 is 1.67 bits per heavy atom. The van der Waals surface area contributed by atoms with Gasteiger partial charge < -0.3 is 4.98 Å². The minimum Gasteiger partial charge on any atom is -0.307 e. The number of rotatable bonds is 1. The Labute approximate surface area is 98.5 Å².